The number of nitrogens with two attached hydrogens (primary N) is 2. The molecule has 4 aromatic rings. The van der Waals surface area contributed by atoms with Gasteiger partial charge in [-0.05, 0) is 108 Å². The van der Waals surface area contributed by atoms with Gasteiger partial charge in [-0.1, -0.05) is 38.1 Å². The Balaban J connectivity index is 0.845. The minimum Gasteiger partial charge on any atom is -0.511 e. The van der Waals surface area contributed by atoms with E-state index < -0.39 is 17.4 Å². The van der Waals surface area contributed by atoms with E-state index in [1.165, 1.54) is 17.4 Å². The number of thiazole rings is 1. The predicted octanol–water partition coefficient (Wildman–Crippen LogP) is 6.57. The van der Waals surface area contributed by atoms with Gasteiger partial charge in [0.2, 0.25) is 29.6 Å². The number of carbonyl (C=O) groups is 3. The van der Waals surface area contributed by atoms with Gasteiger partial charge >= 0.3 is 0 Å². The molecule has 3 amide bonds. The van der Waals surface area contributed by atoms with E-state index in [0.717, 1.165) is 84.0 Å². The number of carbonyl (C=O) groups excluding carboxylic acids is 3. The minimum absolute atomic E-state index is 0.0742. The predicted molar refractivity (Wildman–Crippen MR) is 269 cm³/mol. The van der Waals surface area contributed by atoms with Gasteiger partial charge in [-0.15, -0.1) is 22.7 Å². The highest BCUT2D eigenvalue weighted by Crippen LogP contribution is 2.47. The van der Waals surface area contributed by atoms with Crippen LogP contribution in [0.15, 0.2) is 53.9 Å². The van der Waals surface area contributed by atoms with Crippen LogP contribution in [0.5, 0.6) is 0 Å². The zero-order valence-corrected chi connectivity index (χ0v) is 41.4. The van der Waals surface area contributed by atoms with E-state index in [9.17, 15) is 19.5 Å². The van der Waals surface area contributed by atoms with Crippen molar-refractivity contribution in [1.82, 2.24) is 35.4 Å². The van der Waals surface area contributed by atoms with Crippen molar-refractivity contribution in [1.29, 1.82) is 10.8 Å². The van der Waals surface area contributed by atoms with Crippen molar-refractivity contribution in [3.63, 3.8) is 0 Å². The van der Waals surface area contributed by atoms with E-state index in [-0.39, 0.29) is 53.8 Å². The summed E-state index contributed by atoms with van der Waals surface area (Å²) >= 11 is 3.03. The van der Waals surface area contributed by atoms with E-state index in [2.05, 4.69) is 37.3 Å². The molecule has 17 nitrogen and oxygen atoms in total. The second kappa shape index (κ2) is 22.0. The maximum Gasteiger partial charge on any atom is 0.243 e. The lowest BCUT2D eigenvalue weighted by molar-refractivity contribution is -0.142. The minimum atomic E-state index is -0.924. The number of nitrogens with one attached hydrogen (secondary N) is 4. The molecule has 2 fully saturated rings. The van der Waals surface area contributed by atoms with Crippen molar-refractivity contribution in [3.05, 3.63) is 81.3 Å². The van der Waals surface area contributed by atoms with Gasteiger partial charge in [0.05, 0.1) is 39.7 Å². The third-order valence-electron chi connectivity index (χ3n) is 13.4. The molecule has 3 aliphatic rings. The normalized spacial score (nSPS) is 20.4. The number of fused-ring (bicyclic) bond motifs is 1. The SMILES string of the molecule is Cc1ncsc1-c1ccc(CNC(=O)[C@@H]2CCCN2C(=O)[C@H](/C(O)=C/C(=N)OCCCCN2CCCN(c3nccc(C(=N)NC(=O)[C@@]4(C)CCCc5sc(N)c(N)c54)n3)[C@@H](C)C2)C(C)C)cc1. The number of aryl methyl sites for hydroxylation is 2. The molecule has 1 aliphatic carbocycles. The van der Waals surface area contributed by atoms with Crippen LogP contribution in [0, 0.1) is 29.6 Å². The standard InChI is InChI=1S/C49H66N12O5S2/c1-29(2)39(46(64)61-22-9-11-35(61)45(63)55-26-32-13-15-33(16-14-32)42-31(4)56-28-67-42)36(62)25-38(50)66-24-7-6-20-59-21-10-23-60(30(3)27-59)48-54-19-17-34(57-48)43(52)58-47(65)49(5)18-8-12-37-40(49)41(51)44(53)68-37/h13-17,19,25,28-30,35,39,50,62H,6-12,18,20-24,26-27,51,53H2,1-5H3,(H,55,63)(H2,52,58,65)/b36-25-,50-38?/t30-,35-,39-,49-/m0/s1. The summed E-state index contributed by atoms with van der Waals surface area (Å²) in [6, 6.07) is 9.08. The Morgan fingerprint density at radius 1 is 1.06 bits per heavy atom. The fourth-order valence-corrected chi connectivity index (χ4v) is 11.7. The second-order valence-corrected chi connectivity index (χ2v) is 20.7. The van der Waals surface area contributed by atoms with Crippen molar-refractivity contribution in [2.24, 2.45) is 11.8 Å². The van der Waals surface area contributed by atoms with Gasteiger partial charge in [0, 0.05) is 54.9 Å². The third-order valence-corrected chi connectivity index (χ3v) is 15.5. The highest BCUT2D eigenvalue weighted by atomic mass is 32.1. The number of aliphatic hydroxyl groups excluding tert-OH is 1. The molecular formula is C49H66N12O5S2. The molecule has 3 aromatic heterocycles. The van der Waals surface area contributed by atoms with Crippen molar-refractivity contribution in [2.45, 2.75) is 110 Å². The summed E-state index contributed by atoms with van der Waals surface area (Å²) in [5, 5.41) is 34.8. The lowest BCUT2D eigenvalue weighted by atomic mass is 9.72. The fourth-order valence-electron chi connectivity index (χ4n) is 9.72. The van der Waals surface area contributed by atoms with Gasteiger partial charge in [-0.2, -0.15) is 0 Å². The van der Waals surface area contributed by atoms with Crippen LogP contribution in [-0.2, 0) is 37.5 Å². The van der Waals surface area contributed by atoms with Crippen molar-refractivity contribution < 1.29 is 24.2 Å². The molecule has 364 valence electrons. The molecule has 9 N–H and O–H groups in total. The number of unbranched alkanes of at least 4 members (excludes halogenated alkanes) is 1. The zero-order valence-electron chi connectivity index (χ0n) is 39.8. The molecule has 2 saturated heterocycles. The van der Waals surface area contributed by atoms with Crippen LogP contribution in [0.1, 0.15) is 100 Å². The summed E-state index contributed by atoms with van der Waals surface area (Å²) in [7, 11) is 0. The van der Waals surface area contributed by atoms with Gasteiger partial charge in [0.25, 0.3) is 0 Å². The van der Waals surface area contributed by atoms with E-state index in [1.807, 2.05) is 57.5 Å². The molecule has 19 heteroatoms. The zero-order chi connectivity index (χ0) is 48.7. The molecule has 0 spiro atoms. The molecule has 2 aliphatic heterocycles. The number of aliphatic hydroxyl groups is 1. The largest absolute Gasteiger partial charge is 0.511 e. The van der Waals surface area contributed by atoms with E-state index >= 15 is 0 Å². The van der Waals surface area contributed by atoms with Crippen LogP contribution in [-0.4, -0.2) is 111 Å². The molecule has 68 heavy (non-hydrogen) atoms. The molecule has 0 bridgehead atoms. The number of rotatable bonds is 16. The Kier molecular flexibility index (Phi) is 16.2. The summed E-state index contributed by atoms with van der Waals surface area (Å²) in [4.78, 5) is 62.9. The fraction of sp³-hybridized carbons (Fsp3) is 0.510. The number of nitrogens with zero attached hydrogens (tertiary/aromatic N) is 6. The first kappa shape index (κ1) is 50.0. The number of ether oxygens (including phenoxy) is 1. The van der Waals surface area contributed by atoms with E-state index in [0.29, 0.717) is 61.1 Å². The number of thiophene rings is 1. The molecule has 4 atom stereocenters. The van der Waals surface area contributed by atoms with E-state index in [4.69, 9.17) is 32.0 Å². The highest BCUT2D eigenvalue weighted by molar-refractivity contribution is 7.16. The van der Waals surface area contributed by atoms with Crippen molar-refractivity contribution in [3.8, 4) is 10.4 Å². The Morgan fingerprint density at radius 3 is 2.57 bits per heavy atom. The molecule has 0 radical (unpaired) electrons. The van der Waals surface area contributed by atoms with Crippen molar-refractivity contribution in [2.75, 3.05) is 55.7 Å². The third kappa shape index (κ3) is 11.3. The monoisotopic (exact) mass is 966 g/mol. The Hall–Kier alpha value is -5.92. The summed E-state index contributed by atoms with van der Waals surface area (Å²) < 4.78 is 5.70. The summed E-state index contributed by atoms with van der Waals surface area (Å²) in [6.07, 6.45) is 8.70. The number of anilines is 3. The second-order valence-electron chi connectivity index (χ2n) is 18.7. The lowest BCUT2D eigenvalue weighted by Crippen LogP contribution is -2.48. The smallest absolute Gasteiger partial charge is 0.243 e. The summed E-state index contributed by atoms with van der Waals surface area (Å²) in [6.45, 7) is 13.9. The molecule has 5 heterocycles. The van der Waals surface area contributed by atoms with Crippen LogP contribution in [0.3, 0.4) is 0 Å². The molecular weight excluding hydrogens is 901 g/mol. The molecule has 1 aromatic carbocycles. The first-order valence-corrected chi connectivity index (χ1v) is 25.3. The average molecular weight is 967 g/mol. The van der Waals surface area contributed by atoms with Crippen LogP contribution in [0.2, 0.25) is 0 Å². The first-order valence-electron chi connectivity index (χ1n) is 23.6. The van der Waals surface area contributed by atoms with Crippen LogP contribution in [0.25, 0.3) is 10.4 Å². The van der Waals surface area contributed by atoms with E-state index in [1.54, 1.807) is 28.5 Å². The number of aromatic nitrogens is 3. The van der Waals surface area contributed by atoms with Gasteiger partial charge in [0.1, 0.15) is 22.5 Å². The number of amidine groups is 1. The number of benzene rings is 1. The number of hydrogen-bond donors (Lipinski definition) is 7. The maximum absolute atomic E-state index is 13.9. The number of amides is 3. The summed E-state index contributed by atoms with van der Waals surface area (Å²) in [5.74, 6) is -2.15. The van der Waals surface area contributed by atoms with Gasteiger partial charge in [0.15, 0.2) is 5.84 Å². The van der Waals surface area contributed by atoms with Gasteiger partial charge in [-0.3, -0.25) is 25.2 Å². The lowest BCUT2D eigenvalue weighted by Gasteiger charge is -2.33. The van der Waals surface area contributed by atoms with Gasteiger partial charge in [-0.25, -0.2) is 15.0 Å². The molecule has 0 saturated carbocycles. The van der Waals surface area contributed by atoms with Crippen LogP contribution < -0.4 is 27.0 Å². The Labute approximate surface area is 406 Å². The molecule has 7 rings (SSSR count). The van der Waals surface area contributed by atoms with Crippen LogP contribution >= 0.6 is 22.7 Å². The van der Waals surface area contributed by atoms with Crippen molar-refractivity contribution >= 4 is 68.8 Å². The topological polar surface area (TPSA) is 253 Å². The Morgan fingerprint density at radius 2 is 1.84 bits per heavy atom. The number of nitrogen functional groups attached to an aromatic ring is 2. The summed E-state index contributed by atoms with van der Waals surface area (Å²) in [5.41, 5.74) is 18.0. The number of hydrogen-bond acceptors (Lipinski definition) is 16. The maximum atomic E-state index is 13.9. The average Bonchev–Trinajstić information content (AvgIpc) is 4.02. The highest BCUT2D eigenvalue weighted by Gasteiger charge is 2.43. The molecule has 0 unspecified atom stereocenters. The first-order chi connectivity index (χ1) is 32.5. The Bertz CT molecular complexity index is 2510. The quantitative estimate of drug-likeness (QED) is 0.0273. The van der Waals surface area contributed by atoms with Crippen LogP contribution in [0.4, 0.5) is 16.6 Å². The number of likely N-dealkylation sites (tertiary alicyclic amines) is 1. The van der Waals surface area contributed by atoms with Gasteiger partial charge < -0.3 is 46.6 Å².